The van der Waals surface area contributed by atoms with Gasteiger partial charge in [-0.3, -0.25) is 0 Å². The van der Waals surface area contributed by atoms with Crippen molar-refractivity contribution in [2.24, 2.45) is 0 Å². The Morgan fingerprint density at radius 2 is 2.26 bits per heavy atom. The third-order valence-corrected chi connectivity index (χ3v) is 3.37. The lowest BCUT2D eigenvalue weighted by Gasteiger charge is -2.33. The van der Waals surface area contributed by atoms with Crippen LogP contribution in [0.3, 0.4) is 0 Å². The van der Waals surface area contributed by atoms with Gasteiger partial charge >= 0.3 is 0 Å². The average molecular weight is 259 g/mol. The van der Waals surface area contributed by atoms with Crippen LogP contribution >= 0.6 is 0 Å². The first-order valence-corrected chi connectivity index (χ1v) is 6.54. The lowest BCUT2D eigenvalue weighted by molar-refractivity contribution is -0.198. The van der Waals surface area contributed by atoms with Crippen molar-refractivity contribution in [2.45, 2.75) is 25.5 Å². The van der Waals surface area contributed by atoms with Crippen LogP contribution in [0.1, 0.15) is 19.3 Å². The predicted octanol–water partition coefficient (Wildman–Crippen LogP) is 2.38. The Hall–Kier alpha value is -1.72. The number of methoxy groups -OCH3 is 1. The van der Waals surface area contributed by atoms with Crippen molar-refractivity contribution >= 4 is 10.9 Å². The second kappa shape index (κ2) is 5.50. The summed E-state index contributed by atoms with van der Waals surface area (Å²) in [6, 6.07) is 5.82. The van der Waals surface area contributed by atoms with E-state index in [9.17, 15) is 0 Å². The van der Waals surface area contributed by atoms with E-state index in [2.05, 4.69) is 9.97 Å². The van der Waals surface area contributed by atoms with Gasteiger partial charge in [-0.05, 0) is 37.5 Å². The Kier molecular flexibility index (Phi) is 3.57. The zero-order valence-corrected chi connectivity index (χ0v) is 11.0. The topological polar surface area (TPSA) is 47.5 Å². The molecule has 0 spiro atoms. The van der Waals surface area contributed by atoms with E-state index in [4.69, 9.17) is 9.57 Å². The molecule has 0 bridgehead atoms. The minimum Gasteiger partial charge on any atom is -0.403 e. The number of hydrogen-bond donors (Lipinski definition) is 0. The maximum atomic E-state index is 5.92. The number of benzene rings is 1. The number of hydrogen-bond acceptors (Lipinski definition) is 5. The second-order valence-corrected chi connectivity index (χ2v) is 4.66. The monoisotopic (exact) mass is 259 g/mol. The SMILES string of the molecule is COC1CCCCN1Oc1ccc2ncncc2c1. The molecule has 0 aliphatic carbocycles. The van der Waals surface area contributed by atoms with Crippen molar-refractivity contribution in [2.75, 3.05) is 13.7 Å². The van der Waals surface area contributed by atoms with Gasteiger partial charge in [0, 0.05) is 25.2 Å². The Bertz CT molecular complexity index is 561. The van der Waals surface area contributed by atoms with E-state index in [-0.39, 0.29) is 6.23 Å². The standard InChI is InChI=1S/C14H17N3O2/c1-18-14-4-2-3-7-17(14)19-12-5-6-13-11(8-12)9-15-10-16-13/h5-6,8-10,14H,2-4,7H2,1H3. The lowest BCUT2D eigenvalue weighted by atomic mass is 10.1. The molecule has 1 fully saturated rings. The molecule has 5 nitrogen and oxygen atoms in total. The highest BCUT2D eigenvalue weighted by Gasteiger charge is 2.23. The van der Waals surface area contributed by atoms with Crippen LogP contribution in [0, 0.1) is 0 Å². The first-order valence-electron chi connectivity index (χ1n) is 6.54. The molecule has 1 unspecified atom stereocenters. The molecule has 5 heteroatoms. The van der Waals surface area contributed by atoms with E-state index < -0.39 is 0 Å². The molecule has 3 rings (SSSR count). The Morgan fingerprint density at radius 1 is 1.32 bits per heavy atom. The van der Waals surface area contributed by atoms with Gasteiger partial charge in [0.1, 0.15) is 18.3 Å². The van der Waals surface area contributed by atoms with Crippen LogP contribution < -0.4 is 4.84 Å². The van der Waals surface area contributed by atoms with Gasteiger partial charge in [-0.2, -0.15) is 0 Å². The minimum atomic E-state index is 0.0384. The highest BCUT2D eigenvalue weighted by Crippen LogP contribution is 2.23. The summed E-state index contributed by atoms with van der Waals surface area (Å²) < 4.78 is 5.44. The molecule has 1 aromatic heterocycles. The van der Waals surface area contributed by atoms with Gasteiger partial charge in [-0.25, -0.2) is 9.97 Å². The molecule has 1 atom stereocenters. The fourth-order valence-electron chi connectivity index (χ4n) is 2.37. The van der Waals surface area contributed by atoms with Crippen LogP contribution in [-0.4, -0.2) is 34.9 Å². The van der Waals surface area contributed by atoms with Gasteiger partial charge in [-0.15, -0.1) is 5.06 Å². The van der Waals surface area contributed by atoms with Crippen LogP contribution in [0.25, 0.3) is 10.9 Å². The first-order chi connectivity index (χ1) is 9.36. The van der Waals surface area contributed by atoms with Crippen molar-refractivity contribution in [3.63, 3.8) is 0 Å². The summed E-state index contributed by atoms with van der Waals surface area (Å²) in [5, 5.41) is 2.89. The largest absolute Gasteiger partial charge is 0.403 e. The van der Waals surface area contributed by atoms with Gasteiger partial charge in [0.25, 0.3) is 0 Å². The molecule has 0 amide bonds. The molecule has 1 aromatic carbocycles. The number of hydroxylamine groups is 2. The third-order valence-electron chi connectivity index (χ3n) is 3.37. The van der Waals surface area contributed by atoms with E-state index in [1.54, 1.807) is 19.6 Å². The molecular formula is C14H17N3O2. The molecule has 2 aromatic rings. The highest BCUT2D eigenvalue weighted by molar-refractivity contribution is 5.78. The van der Waals surface area contributed by atoms with Crippen molar-refractivity contribution in [3.05, 3.63) is 30.7 Å². The van der Waals surface area contributed by atoms with Crippen LogP contribution in [0.15, 0.2) is 30.7 Å². The summed E-state index contributed by atoms with van der Waals surface area (Å²) in [5.74, 6) is 0.797. The van der Waals surface area contributed by atoms with Crippen LogP contribution in [0.5, 0.6) is 5.75 Å². The fraction of sp³-hybridized carbons (Fsp3) is 0.429. The summed E-state index contributed by atoms with van der Waals surface area (Å²) >= 11 is 0. The molecular weight excluding hydrogens is 242 g/mol. The molecule has 2 heterocycles. The number of rotatable bonds is 3. The molecule has 1 saturated heterocycles. The lowest BCUT2D eigenvalue weighted by Crippen LogP contribution is -2.42. The van der Waals surface area contributed by atoms with Crippen molar-refractivity contribution in [3.8, 4) is 5.75 Å². The van der Waals surface area contributed by atoms with Crippen molar-refractivity contribution < 1.29 is 9.57 Å². The summed E-state index contributed by atoms with van der Waals surface area (Å²) in [7, 11) is 1.72. The minimum absolute atomic E-state index is 0.0384. The molecule has 1 aliphatic rings. The zero-order chi connectivity index (χ0) is 13.1. The number of fused-ring (bicyclic) bond motifs is 1. The van der Waals surface area contributed by atoms with Crippen LogP contribution in [-0.2, 0) is 4.74 Å². The van der Waals surface area contributed by atoms with Gasteiger partial charge in [0.2, 0.25) is 0 Å². The van der Waals surface area contributed by atoms with Crippen molar-refractivity contribution in [1.82, 2.24) is 15.0 Å². The fourth-order valence-corrected chi connectivity index (χ4v) is 2.37. The van der Waals surface area contributed by atoms with E-state index in [1.807, 2.05) is 23.3 Å². The zero-order valence-electron chi connectivity index (χ0n) is 11.0. The van der Waals surface area contributed by atoms with Crippen molar-refractivity contribution in [1.29, 1.82) is 0 Å². The number of nitrogens with zero attached hydrogens (tertiary/aromatic N) is 3. The number of piperidine rings is 1. The smallest absolute Gasteiger partial charge is 0.148 e. The molecule has 0 saturated carbocycles. The summed E-state index contributed by atoms with van der Waals surface area (Å²) in [5.41, 5.74) is 0.921. The maximum Gasteiger partial charge on any atom is 0.148 e. The molecule has 19 heavy (non-hydrogen) atoms. The van der Waals surface area contributed by atoms with Crippen LogP contribution in [0.4, 0.5) is 0 Å². The number of ether oxygens (including phenoxy) is 1. The first kappa shape index (κ1) is 12.3. The van der Waals surface area contributed by atoms with Gasteiger partial charge in [0.05, 0.1) is 5.52 Å². The average Bonchev–Trinajstić information content (AvgIpc) is 2.48. The quantitative estimate of drug-likeness (QED) is 0.847. The van der Waals surface area contributed by atoms with E-state index in [0.717, 1.165) is 36.0 Å². The van der Waals surface area contributed by atoms with Gasteiger partial charge in [-0.1, -0.05) is 0 Å². The third kappa shape index (κ3) is 2.67. The van der Waals surface area contributed by atoms with Gasteiger partial charge in [0.15, 0.2) is 0 Å². The van der Waals surface area contributed by atoms with Gasteiger partial charge < -0.3 is 9.57 Å². The molecule has 0 N–H and O–H groups in total. The van der Waals surface area contributed by atoms with E-state index in [1.165, 1.54) is 6.42 Å². The summed E-state index contributed by atoms with van der Waals surface area (Å²) in [6.07, 6.45) is 6.71. The normalized spacial score (nSPS) is 20.6. The molecule has 100 valence electrons. The summed E-state index contributed by atoms with van der Waals surface area (Å²) in [4.78, 5) is 14.1. The maximum absolute atomic E-state index is 5.92. The van der Waals surface area contributed by atoms with Crippen LogP contribution in [0.2, 0.25) is 0 Å². The molecule has 1 aliphatic heterocycles. The second-order valence-electron chi connectivity index (χ2n) is 4.66. The Balaban J connectivity index is 1.80. The van der Waals surface area contributed by atoms with E-state index >= 15 is 0 Å². The summed E-state index contributed by atoms with van der Waals surface area (Å²) in [6.45, 7) is 0.891. The molecule has 0 radical (unpaired) electrons. The predicted molar refractivity (Wildman–Crippen MR) is 71.5 cm³/mol. The Labute approximate surface area is 112 Å². The number of aromatic nitrogens is 2. The Morgan fingerprint density at radius 3 is 3.16 bits per heavy atom. The highest BCUT2D eigenvalue weighted by atomic mass is 16.7. The van der Waals surface area contributed by atoms with E-state index in [0.29, 0.717) is 0 Å².